The Labute approximate surface area is 191 Å². The van der Waals surface area contributed by atoms with Crippen molar-refractivity contribution in [2.45, 2.75) is 37.1 Å². The third-order valence-electron chi connectivity index (χ3n) is 6.99. The lowest BCUT2D eigenvalue weighted by Gasteiger charge is -2.37. The Morgan fingerprint density at radius 2 is 1.72 bits per heavy atom. The normalized spacial score (nSPS) is 25.0. The first-order valence-electron chi connectivity index (χ1n) is 11.7. The van der Waals surface area contributed by atoms with Crippen molar-refractivity contribution < 1.29 is 22.7 Å². The van der Waals surface area contributed by atoms with E-state index in [9.17, 15) is 13.2 Å². The zero-order valence-electron chi connectivity index (χ0n) is 18.9. The molecule has 178 valence electrons. The third kappa shape index (κ3) is 5.51. The fourth-order valence-electron chi connectivity index (χ4n) is 4.81. The van der Waals surface area contributed by atoms with Crippen LogP contribution in [0.5, 0.6) is 0 Å². The van der Waals surface area contributed by atoms with Crippen molar-refractivity contribution in [3.8, 4) is 0 Å². The highest BCUT2D eigenvalue weighted by Gasteiger charge is 2.32. The first-order valence-corrected chi connectivity index (χ1v) is 13.2. The first-order chi connectivity index (χ1) is 15.4. The SMILES string of the molecule is CC1CCN(S(=O)(=O)c2ccc(C(=O)NCC(C3CCOC3)N3CCOCC3)cc2)CC1. The van der Waals surface area contributed by atoms with Gasteiger partial charge in [0.2, 0.25) is 10.0 Å². The number of carbonyl (C=O) groups is 1. The number of benzene rings is 1. The predicted octanol–water partition coefficient (Wildman–Crippen LogP) is 1.57. The van der Waals surface area contributed by atoms with Gasteiger partial charge in [-0.15, -0.1) is 0 Å². The second kappa shape index (κ2) is 10.6. The van der Waals surface area contributed by atoms with Crippen LogP contribution in [0, 0.1) is 11.8 Å². The summed E-state index contributed by atoms with van der Waals surface area (Å²) in [5.41, 5.74) is 0.472. The van der Waals surface area contributed by atoms with Gasteiger partial charge in [-0.2, -0.15) is 4.31 Å². The topological polar surface area (TPSA) is 88.2 Å². The third-order valence-corrected chi connectivity index (χ3v) is 8.91. The van der Waals surface area contributed by atoms with Crippen molar-refractivity contribution >= 4 is 15.9 Å². The molecule has 0 aromatic heterocycles. The number of amides is 1. The Kier molecular flexibility index (Phi) is 7.83. The van der Waals surface area contributed by atoms with Crippen molar-refractivity contribution in [1.82, 2.24) is 14.5 Å². The van der Waals surface area contributed by atoms with Crippen molar-refractivity contribution in [3.63, 3.8) is 0 Å². The van der Waals surface area contributed by atoms with E-state index >= 15 is 0 Å². The summed E-state index contributed by atoms with van der Waals surface area (Å²) in [5.74, 6) is 0.774. The molecule has 0 spiro atoms. The minimum absolute atomic E-state index is 0.182. The van der Waals surface area contributed by atoms with E-state index in [2.05, 4.69) is 17.1 Å². The lowest BCUT2D eigenvalue weighted by Crippen LogP contribution is -2.52. The van der Waals surface area contributed by atoms with Crippen molar-refractivity contribution in [1.29, 1.82) is 0 Å². The van der Waals surface area contributed by atoms with E-state index < -0.39 is 10.0 Å². The Hall–Kier alpha value is -1.52. The molecule has 3 aliphatic heterocycles. The van der Waals surface area contributed by atoms with E-state index in [0.717, 1.165) is 45.6 Å². The van der Waals surface area contributed by atoms with Crippen LogP contribution in [0.25, 0.3) is 0 Å². The molecule has 1 aromatic rings. The second-order valence-corrected chi connectivity index (χ2v) is 11.1. The molecule has 0 radical (unpaired) electrons. The number of piperidine rings is 1. The highest BCUT2D eigenvalue weighted by molar-refractivity contribution is 7.89. The highest BCUT2D eigenvalue weighted by atomic mass is 32.2. The minimum Gasteiger partial charge on any atom is -0.381 e. The Morgan fingerprint density at radius 1 is 1.03 bits per heavy atom. The van der Waals surface area contributed by atoms with Gasteiger partial charge in [0.15, 0.2) is 0 Å². The Morgan fingerprint density at radius 3 is 2.34 bits per heavy atom. The maximum absolute atomic E-state index is 12.9. The highest BCUT2D eigenvalue weighted by Crippen LogP contribution is 2.24. The van der Waals surface area contributed by atoms with E-state index in [-0.39, 0.29) is 16.8 Å². The van der Waals surface area contributed by atoms with E-state index in [1.54, 1.807) is 28.6 Å². The van der Waals surface area contributed by atoms with Gasteiger partial charge in [-0.25, -0.2) is 8.42 Å². The molecule has 3 fully saturated rings. The largest absolute Gasteiger partial charge is 0.381 e. The number of carbonyl (C=O) groups excluding carboxylic acids is 1. The van der Waals surface area contributed by atoms with Crippen LogP contribution in [0.1, 0.15) is 36.5 Å². The molecule has 1 aromatic carbocycles. The molecule has 0 aliphatic carbocycles. The quantitative estimate of drug-likeness (QED) is 0.658. The van der Waals surface area contributed by atoms with Gasteiger partial charge >= 0.3 is 0 Å². The van der Waals surface area contributed by atoms with Crippen molar-refractivity contribution in [2.24, 2.45) is 11.8 Å². The number of nitrogens with one attached hydrogen (secondary N) is 1. The molecule has 0 saturated carbocycles. The molecule has 32 heavy (non-hydrogen) atoms. The maximum atomic E-state index is 12.9. The summed E-state index contributed by atoms with van der Waals surface area (Å²) in [7, 11) is -3.51. The summed E-state index contributed by atoms with van der Waals surface area (Å²) in [6, 6.07) is 6.53. The van der Waals surface area contributed by atoms with Crippen molar-refractivity contribution in [2.75, 3.05) is 59.2 Å². The van der Waals surface area contributed by atoms with Gasteiger partial charge in [-0.3, -0.25) is 9.69 Å². The number of hydrogen-bond acceptors (Lipinski definition) is 6. The molecule has 3 saturated heterocycles. The molecule has 2 atom stereocenters. The second-order valence-electron chi connectivity index (χ2n) is 9.16. The molecule has 3 heterocycles. The average Bonchev–Trinajstić information content (AvgIpc) is 3.35. The van der Waals surface area contributed by atoms with Gasteiger partial charge in [-0.1, -0.05) is 6.92 Å². The molecule has 4 rings (SSSR count). The monoisotopic (exact) mass is 465 g/mol. The summed E-state index contributed by atoms with van der Waals surface area (Å²) < 4.78 is 38.4. The summed E-state index contributed by atoms with van der Waals surface area (Å²) in [4.78, 5) is 15.4. The van der Waals surface area contributed by atoms with Gasteiger partial charge in [-0.05, 0) is 49.4 Å². The van der Waals surface area contributed by atoms with Gasteiger partial charge in [0.25, 0.3) is 5.91 Å². The average molecular weight is 466 g/mol. The van der Waals surface area contributed by atoms with Crippen LogP contribution >= 0.6 is 0 Å². The van der Waals surface area contributed by atoms with Gasteiger partial charge in [0, 0.05) is 56.9 Å². The molecule has 8 nitrogen and oxygen atoms in total. The molecule has 1 amide bonds. The zero-order chi connectivity index (χ0) is 22.6. The summed E-state index contributed by atoms with van der Waals surface area (Å²) in [5, 5.41) is 3.06. The first kappa shape index (κ1) is 23.6. The van der Waals surface area contributed by atoms with E-state index in [1.807, 2.05) is 0 Å². The van der Waals surface area contributed by atoms with Crippen LogP contribution in [-0.2, 0) is 19.5 Å². The fraction of sp³-hybridized carbons (Fsp3) is 0.696. The maximum Gasteiger partial charge on any atom is 0.251 e. The van der Waals surface area contributed by atoms with Gasteiger partial charge in [0.1, 0.15) is 0 Å². The van der Waals surface area contributed by atoms with E-state index in [0.29, 0.717) is 50.2 Å². The zero-order valence-corrected chi connectivity index (χ0v) is 19.7. The van der Waals surface area contributed by atoms with Crippen LogP contribution in [0.4, 0.5) is 0 Å². The van der Waals surface area contributed by atoms with Crippen LogP contribution in [0.15, 0.2) is 29.2 Å². The Bertz CT molecular complexity index is 856. The van der Waals surface area contributed by atoms with Gasteiger partial charge < -0.3 is 14.8 Å². The molecule has 9 heteroatoms. The summed E-state index contributed by atoms with van der Waals surface area (Å²) in [6.07, 6.45) is 2.77. The van der Waals surface area contributed by atoms with Crippen LogP contribution in [0.3, 0.4) is 0 Å². The molecular weight excluding hydrogens is 430 g/mol. The molecule has 3 aliphatic rings. The van der Waals surface area contributed by atoms with E-state index in [4.69, 9.17) is 9.47 Å². The standard InChI is InChI=1S/C23H35N3O5S/c1-18-6-9-26(10-7-18)32(28,29)21-4-2-19(3-5-21)23(27)24-16-22(20-8-13-31-17-20)25-11-14-30-15-12-25/h2-5,18,20,22H,6-17H2,1H3,(H,24,27). The van der Waals surface area contributed by atoms with Gasteiger partial charge in [0.05, 0.1) is 24.7 Å². The lowest BCUT2D eigenvalue weighted by molar-refractivity contribution is 0.00166. The number of rotatable bonds is 7. The number of morpholine rings is 1. The number of ether oxygens (including phenoxy) is 2. The van der Waals surface area contributed by atoms with Crippen molar-refractivity contribution in [3.05, 3.63) is 29.8 Å². The van der Waals surface area contributed by atoms with Crippen LogP contribution in [-0.4, -0.2) is 88.7 Å². The molecule has 2 unspecified atom stereocenters. The Balaban J connectivity index is 1.37. The fourth-order valence-corrected chi connectivity index (χ4v) is 6.28. The smallest absolute Gasteiger partial charge is 0.251 e. The van der Waals surface area contributed by atoms with E-state index in [1.165, 1.54) is 0 Å². The molecule has 0 bridgehead atoms. The van der Waals surface area contributed by atoms with Crippen LogP contribution in [0.2, 0.25) is 0 Å². The lowest BCUT2D eigenvalue weighted by atomic mass is 9.96. The number of hydrogen-bond donors (Lipinski definition) is 1. The minimum atomic E-state index is -3.51. The summed E-state index contributed by atoms with van der Waals surface area (Å²) in [6.45, 7) is 8.44. The molecule has 1 N–H and O–H groups in total. The number of sulfonamides is 1. The number of nitrogens with zero attached hydrogens (tertiary/aromatic N) is 2. The van der Waals surface area contributed by atoms with Crippen LogP contribution < -0.4 is 5.32 Å². The summed E-state index contributed by atoms with van der Waals surface area (Å²) >= 11 is 0. The molecular formula is C23H35N3O5S. The predicted molar refractivity (Wildman–Crippen MR) is 121 cm³/mol.